The Morgan fingerprint density at radius 2 is 2.09 bits per heavy atom. The zero-order chi connectivity index (χ0) is 24.1. The average molecular weight is 501 g/mol. The van der Waals surface area contributed by atoms with Gasteiger partial charge in [-0.15, -0.1) is 5.10 Å². The van der Waals surface area contributed by atoms with Gasteiger partial charge in [-0.25, -0.2) is 9.50 Å². The lowest BCUT2D eigenvalue weighted by Gasteiger charge is -2.30. The van der Waals surface area contributed by atoms with Crippen LogP contribution in [0.4, 0.5) is 0 Å². The van der Waals surface area contributed by atoms with Crippen molar-refractivity contribution in [3.8, 4) is 0 Å². The molecule has 7 nitrogen and oxygen atoms in total. The highest BCUT2D eigenvalue weighted by Crippen LogP contribution is 2.24. The maximum atomic E-state index is 12.3. The first-order valence-electron chi connectivity index (χ1n) is 12.0. The maximum absolute atomic E-state index is 12.3. The number of rotatable bonds is 9. The van der Waals surface area contributed by atoms with E-state index < -0.39 is 0 Å². The molecule has 0 unspecified atom stereocenters. The lowest BCUT2D eigenvalue weighted by atomic mass is 10.0. The molecule has 1 saturated heterocycles. The molecule has 182 valence electrons. The molecule has 3 heterocycles. The van der Waals surface area contributed by atoms with E-state index in [0.717, 1.165) is 46.4 Å². The van der Waals surface area contributed by atoms with Crippen molar-refractivity contribution in [2.24, 2.45) is 5.92 Å². The van der Waals surface area contributed by atoms with Crippen molar-refractivity contribution in [1.82, 2.24) is 29.8 Å². The van der Waals surface area contributed by atoms with Crippen molar-refractivity contribution in [3.05, 3.63) is 51.8 Å². The van der Waals surface area contributed by atoms with Crippen LogP contribution in [-0.4, -0.2) is 62.3 Å². The smallest absolute Gasteiger partial charge is 0.253 e. The summed E-state index contributed by atoms with van der Waals surface area (Å²) in [6.45, 7) is 10.4. The van der Waals surface area contributed by atoms with Crippen LogP contribution in [0.25, 0.3) is 5.78 Å². The van der Waals surface area contributed by atoms with Gasteiger partial charge >= 0.3 is 0 Å². The molecule has 1 atom stereocenters. The number of aryl methyl sites for hydroxylation is 2. The molecule has 0 spiro atoms. The van der Waals surface area contributed by atoms with Crippen LogP contribution in [0.2, 0.25) is 5.02 Å². The summed E-state index contributed by atoms with van der Waals surface area (Å²) in [7, 11) is 0. The number of carbonyl (C=O) groups is 1. The Morgan fingerprint density at radius 1 is 1.26 bits per heavy atom. The van der Waals surface area contributed by atoms with Gasteiger partial charge in [0, 0.05) is 35.9 Å². The molecule has 1 fully saturated rings. The van der Waals surface area contributed by atoms with Gasteiger partial charge in [0.05, 0.1) is 5.75 Å². The summed E-state index contributed by atoms with van der Waals surface area (Å²) in [4.78, 5) is 24.0. The van der Waals surface area contributed by atoms with Crippen molar-refractivity contribution in [1.29, 1.82) is 0 Å². The molecule has 1 aliphatic rings. The molecule has 4 rings (SSSR count). The van der Waals surface area contributed by atoms with E-state index in [0.29, 0.717) is 29.7 Å². The fraction of sp³-hybridized carbons (Fsp3) is 0.520. The monoisotopic (exact) mass is 500 g/mol. The van der Waals surface area contributed by atoms with Crippen LogP contribution in [0.1, 0.15) is 48.7 Å². The Bertz CT molecular complexity index is 1150. The largest absolute Gasteiger partial charge is 0.355 e. The van der Waals surface area contributed by atoms with Crippen LogP contribution in [0, 0.1) is 19.8 Å². The van der Waals surface area contributed by atoms with Crippen LogP contribution in [0.15, 0.2) is 29.4 Å². The number of thioether (sulfide) groups is 1. The Balaban J connectivity index is 1.31. The number of nitrogens with zero attached hydrogens (tertiary/aromatic N) is 5. The van der Waals surface area contributed by atoms with Crippen molar-refractivity contribution in [2.75, 3.05) is 31.9 Å². The van der Waals surface area contributed by atoms with E-state index in [9.17, 15) is 4.79 Å². The van der Waals surface area contributed by atoms with Crippen LogP contribution in [0.3, 0.4) is 0 Å². The fourth-order valence-electron chi connectivity index (χ4n) is 4.54. The maximum Gasteiger partial charge on any atom is 0.253 e. The minimum Gasteiger partial charge on any atom is -0.355 e. The summed E-state index contributed by atoms with van der Waals surface area (Å²) in [5, 5.41) is 8.92. The first-order chi connectivity index (χ1) is 16.4. The van der Waals surface area contributed by atoms with Crippen LogP contribution < -0.4 is 5.32 Å². The Morgan fingerprint density at radius 3 is 2.88 bits per heavy atom. The van der Waals surface area contributed by atoms with E-state index in [1.165, 1.54) is 37.7 Å². The first-order valence-corrected chi connectivity index (χ1v) is 13.3. The van der Waals surface area contributed by atoms with E-state index in [1.807, 2.05) is 38.1 Å². The average Bonchev–Trinajstić information content (AvgIpc) is 3.22. The van der Waals surface area contributed by atoms with E-state index in [-0.39, 0.29) is 5.91 Å². The zero-order valence-corrected chi connectivity index (χ0v) is 21.8. The first kappa shape index (κ1) is 24.9. The molecule has 3 aromatic rings. The molecule has 0 saturated carbocycles. The van der Waals surface area contributed by atoms with Crippen molar-refractivity contribution in [2.45, 2.75) is 51.6 Å². The van der Waals surface area contributed by atoms with Gasteiger partial charge in [0.2, 0.25) is 11.1 Å². The van der Waals surface area contributed by atoms with Gasteiger partial charge < -0.3 is 10.2 Å². The van der Waals surface area contributed by atoms with Crippen molar-refractivity contribution >= 4 is 35.0 Å². The molecule has 1 aromatic carbocycles. The molecule has 34 heavy (non-hydrogen) atoms. The van der Waals surface area contributed by atoms with E-state index in [2.05, 4.69) is 32.2 Å². The Hall–Kier alpha value is -2.16. The number of halogens is 1. The SMILES string of the molecule is Cc1nc2nc(SCC(=O)NCCCN3CCC[C@@H](C)C3)nn2c(C)c1Cc1ccccc1Cl. The summed E-state index contributed by atoms with van der Waals surface area (Å²) in [6.07, 6.45) is 4.28. The van der Waals surface area contributed by atoms with Crippen molar-refractivity contribution < 1.29 is 4.79 Å². The third-order valence-electron chi connectivity index (χ3n) is 6.40. The number of likely N-dealkylation sites (tertiary alicyclic amines) is 1. The van der Waals surface area contributed by atoms with Gasteiger partial charge in [-0.05, 0) is 69.3 Å². The number of aromatic nitrogens is 4. The summed E-state index contributed by atoms with van der Waals surface area (Å²) >= 11 is 7.70. The molecule has 1 N–H and O–H groups in total. The second kappa shape index (κ2) is 11.5. The molecular weight excluding hydrogens is 468 g/mol. The molecule has 0 bridgehead atoms. The number of hydrogen-bond donors (Lipinski definition) is 1. The van der Waals surface area contributed by atoms with Gasteiger partial charge in [0.1, 0.15) is 0 Å². The zero-order valence-electron chi connectivity index (χ0n) is 20.2. The molecule has 1 amide bonds. The minimum atomic E-state index is 0.0103. The second-order valence-electron chi connectivity index (χ2n) is 9.18. The molecular formula is C25H33ClN6OS. The van der Waals surface area contributed by atoms with Gasteiger partial charge in [-0.1, -0.05) is 48.5 Å². The highest BCUT2D eigenvalue weighted by atomic mass is 35.5. The predicted octanol–water partition coefficient (Wildman–Crippen LogP) is 4.32. The summed E-state index contributed by atoms with van der Waals surface area (Å²) in [6, 6.07) is 7.84. The van der Waals surface area contributed by atoms with Gasteiger partial charge in [-0.3, -0.25) is 4.79 Å². The molecule has 1 aliphatic heterocycles. The summed E-state index contributed by atoms with van der Waals surface area (Å²) in [5.74, 6) is 1.64. The molecule has 0 aliphatic carbocycles. The number of carbonyl (C=O) groups excluding carboxylic acids is 1. The van der Waals surface area contributed by atoms with Gasteiger partial charge in [0.15, 0.2) is 0 Å². The Kier molecular flexibility index (Phi) is 8.45. The normalized spacial score (nSPS) is 16.8. The second-order valence-corrected chi connectivity index (χ2v) is 10.5. The van der Waals surface area contributed by atoms with Crippen LogP contribution >= 0.6 is 23.4 Å². The highest BCUT2D eigenvalue weighted by Gasteiger charge is 2.17. The molecule has 9 heteroatoms. The number of benzene rings is 1. The number of piperidine rings is 1. The van der Waals surface area contributed by atoms with Crippen molar-refractivity contribution in [3.63, 3.8) is 0 Å². The third kappa shape index (κ3) is 6.29. The lowest BCUT2D eigenvalue weighted by Crippen LogP contribution is -2.36. The lowest BCUT2D eigenvalue weighted by molar-refractivity contribution is -0.118. The third-order valence-corrected chi connectivity index (χ3v) is 7.61. The van der Waals surface area contributed by atoms with E-state index in [1.54, 1.807) is 4.52 Å². The van der Waals surface area contributed by atoms with Gasteiger partial charge in [-0.2, -0.15) is 4.98 Å². The number of hydrogen-bond acceptors (Lipinski definition) is 6. The summed E-state index contributed by atoms with van der Waals surface area (Å²) < 4.78 is 1.76. The molecule has 0 radical (unpaired) electrons. The fourth-order valence-corrected chi connectivity index (χ4v) is 5.39. The quantitative estimate of drug-likeness (QED) is 0.348. The van der Waals surface area contributed by atoms with E-state index in [4.69, 9.17) is 11.6 Å². The Labute approximate surface area is 210 Å². The number of amides is 1. The van der Waals surface area contributed by atoms with Crippen LogP contribution in [-0.2, 0) is 11.2 Å². The number of nitrogens with one attached hydrogen (secondary N) is 1. The molecule has 2 aromatic heterocycles. The van der Waals surface area contributed by atoms with Gasteiger partial charge in [0.25, 0.3) is 5.78 Å². The standard InChI is InChI=1S/C25H33ClN6OS/c1-17-8-6-12-31(15-17)13-7-11-27-23(33)16-34-25-29-24-28-18(2)21(19(3)32(24)30-25)14-20-9-4-5-10-22(20)26/h4-5,9-10,17H,6-8,11-16H2,1-3H3,(H,27,33)/t17-/m1/s1. The van der Waals surface area contributed by atoms with E-state index >= 15 is 0 Å². The number of fused-ring (bicyclic) bond motifs is 1. The predicted molar refractivity (Wildman–Crippen MR) is 138 cm³/mol. The minimum absolute atomic E-state index is 0.0103. The highest BCUT2D eigenvalue weighted by molar-refractivity contribution is 7.99. The summed E-state index contributed by atoms with van der Waals surface area (Å²) in [5.41, 5.74) is 4.04. The van der Waals surface area contributed by atoms with Crippen LogP contribution in [0.5, 0.6) is 0 Å². The topological polar surface area (TPSA) is 75.4 Å².